The summed E-state index contributed by atoms with van der Waals surface area (Å²) in [7, 11) is 1.64. The van der Waals surface area contributed by atoms with Crippen molar-refractivity contribution >= 4 is 17.6 Å². The second kappa shape index (κ2) is 7.39. The summed E-state index contributed by atoms with van der Waals surface area (Å²) in [5.74, 6) is 0.815. The maximum atomic E-state index is 11.5. The highest BCUT2D eigenvalue weighted by Gasteiger charge is 2.13. The molecule has 0 atom stereocenters. The second-order valence-corrected chi connectivity index (χ2v) is 5.50. The molecule has 0 saturated carbocycles. The molecule has 2 amide bonds. The lowest BCUT2D eigenvalue weighted by Crippen LogP contribution is -2.40. The smallest absolute Gasteiger partial charge is 0.314 e. The van der Waals surface area contributed by atoms with E-state index in [4.69, 9.17) is 16.3 Å². The normalized spacial score (nSPS) is 10.6. The quantitative estimate of drug-likeness (QED) is 0.877. The molecule has 0 aliphatic rings. The fourth-order valence-corrected chi connectivity index (χ4v) is 2.24. The highest BCUT2D eigenvalue weighted by molar-refractivity contribution is 6.32. The molecule has 0 aliphatic heterocycles. The molecule has 5 heteroatoms. The van der Waals surface area contributed by atoms with E-state index in [9.17, 15) is 4.79 Å². The maximum absolute atomic E-state index is 11.5. The Morgan fingerprint density at radius 1 is 1.40 bits per heavy atom. The summed E-state index contributed by atoms with van der Waals surface area (Å²) >= 11 is 6.27. The lowest BCUT2D eigenvalue weighted by Gasteiger charge is -2.16. The van der Waals surface area contributed by atoms with Gasteiger partial charge in [-0.25, -0.2) is 4.79 Å². The molecule has 1 aromatic rings. The van der Waals surface area contributed by atoms with Crippen molar-refractivity contribution in [2.24, 2.45) is 0 Å². The topological polar surface area (TPSA) is 50.4 Å². The number of amides is 2. The number of benzene rings is 1. The van der Waals surface area contributed by atoms with E-state index < -0.39 is 0 Å². The molecule has 0 bridgehead atoms. The number of carbonyl (C=O) groups is 1. The molecule has 0 radical (unpaired) electrons. The van der Waals surface area contributed by atoms with Crippen LogP contribution in [0.2, 0.25) is 5.02 Å². The number of carbonyl (C=O) groups excluding carboxylic acids is 1. The zero-order valence-electron chi connectivity index (χ0n) is 12.8. The summed E-state index contributed by atoms with van der Waals surface area (Å²) in [6, 6.07) is 1.90. The molecule has 0 aliphatic carbocycles. The van der Waals surface area contributed by atoms with Crippen LogP contribution in [0, 0.1) is 13.8 Å². The Labute approximate surface area is 125 Å². The minimum absolute atomic E-state index is 0.125. The van der Waals surface area contributed by atoms with Crippen LogP contribution in [0.1, 0.15) is 30.5 Å². The van der Waals surface area contributed by atoms with Gasteiger partial charge < -0.3 is 15.4 Å². The number of urea groups is 1. The third kappa shape index (κ3) is 4.30. The molecule has 4 nitrogen and oxygen atoms in total. The number of methoxy groups -OCH3 is 1. The van der Waals surface area contributed by atoms with Crippen LogP contribution in [0.4, 0.5) is 4.79 Å². The highest BCUT2D eigenvalue weighted by Crippen LogP contribution is 2.31. The van der Waals surface area contributed by atoms with Crippen molar-refractivity contribution in [3.8, 4) is 5.75 Å². The van der Waals surface area contributed by atoms with Crippen molar-refractivity contribution in [3.63, 3.8) is 0 Å². The minimum Gasteiger partial charge on any atom is -0.496 e. The summed E-state index contributed by atoms with van der Waals surface area (Å²) in [6.45, 7) is 8.31. The fraction of sp³-hybridized carbons (Fsp3) is 0.533. The van der Waals surface area contributed by atoms with Gasteiger partial charge in [-0.15, -0.1) is 0 Å². The van der Waals surface area contributed by atoms with Gasteiger partial charge in [-0.1, -0.05) is 11.6 Å². The summed E-state index contributed by atoms with van der Waals surface area (Å²) in [6.07, 6.45) is 0.681. The van der Waals surface area contributed by atoms with Crippen LogP contribution in [0.5, 0.6) is 5.75 Å². The largest absolute Gasteiger partial charge is 0.496 e. The van der Waals surface area contributed by atoms with Crippen molar-refractivity contribution in [2.45, 2.75) is 40.2 Å². The second-order valence-electron chi connectivity index (χ2n) is 5.12. The predicted octanol–water partition coefficient (Wildman–Crippen LogP) is 3.22. The van der Waals surface area contributed by atoms with E-state index in [0.29, 0.717) is 13.0 Å². The lowest BCUT2D eigenvalue weighted by molar-refractivity contribution is 0.238. The van der Waals surface area contributed by atoms with Crippen molar-refractivity contribution in [1.82, 2.24) is 10.6 Å². The molecule has 0 fully saturated rings. The van der Waals surface area contributed by atoms with Crippen molar-refractivity contribution in [2.75, 3.05) is 13.7 Å². The average molecular weight is 299 g/mol. The molecule has 0 spiro atoms. The summed E-state index contributed by atoms with van der Waals surface area (Å²) in [5, 5.41) is 6.37. The van der Waals surface area contributed by atoms with Crippen LogP contribution >= 0.6 is 11.6 Å². The number of nitrogens with one attached hydrogen (secondary N) is 2. The molecular weight excluding hydrogens is 276 g/mol. The number of hydrogen-bond acceptors (Lipinski definition) is 2. The molecule has 2 N–H and O–H groups in total. The predicted molar refractivity (Wildman–Crippen MR) is 82.9 cm³/mol. The van der Waals surface area contributed by atoms with Gasteiger partial charge in [0.2, 0.25) is 0 Å². The molecule has 0 aromatic heterocycles. The molecule has 0 unspecified atom stereocenters. The first-order valence-electron chi connectivity index (χ1n) is 6.73. The Bertz CT molecular complexity index is 487. The van der Waals surface area contributed by atoms with E-state index in [1.165, 1.54) is 0 Å². The number of rotatable bonds is 5. The van der Waals surface area contributed by atoms with Gasteiger partial charge in [-0.3, -0.25) is 0 Å². The first-order valence-corrected chi connectivity index (χ1v) is 7.11. The Morgan fingerprint density at radius 3 is 2.60 bits per heavy atom. The van der Waals surface area contributed by atoms with Gasteiger partial charge in [0.05, 0.1) is 7.11 Å². The summed E-state index contributed by atoms with van der Waals surface area (Å²) < 4.78 is 5.40. The van der Waals surface area contributed by atoms with Gasteiger partial charge in [-0.05, 0) is 51.3 Å². The van der Waals surface area contributed by atoms with Crippen molar-refractivity contribution in [3.05, 3.63) is 27.8 Å². The standard InChI is InChI=1S/C15H23ClN2O2/c1-9(2)18-15(19)17-7-6-12-11(4)14(16)10(3)8-13(12)20-5/h8-9H,6-7H2,1-5H3,(H2,17,18,19). The van der Waals surface area contributed by atoms with Gasteiger partial charge in [0, 0.05) is 23.2 Å². The monoisotopic (exact) mass is 298 g/mol. The Hall–Kier alpha value is -1.42. The number of aryl methyl sites for hydroxylation is 1. The molecule has 1 aromatic carbocycles. The van der Waals surface area contributed by atoms with Crippen molar-refractivity contribution < 1.29 is 9.53 Å². The Morgan fingerprint density at radius 2 is 2.05 bits per heavy atom. The van der Waals surface area contributed by atoms with E-state index in [2.05, 4.69) is 10.6 Å². The summed E-state index contributed by atoms with van der Waals surface area (Å²) in [4.78, 5) is 11.5. The van der Waals surface area contributed by atoms with Crippen LogP contribution in [0.3, 0.4) is 0 Å². The average Bonchev–Trinajstić information content (AvgIpc) is 2.37. The molecular formula is C15H23ClN2O2. The first-order chi connectivity index (χ1) is 9.36. The van der Waals surface area contributed by atoms with E-state index in [-0.39, 0.29) is 12.1 Å². The number of hydrogen-bond donors (Lipinski definition) is 2. The van der Waals surface area contributed by atoms with Crippen molar-refractivity contribution in [1.29, 1.82) is 0 Å². The molecule has 0 heterocycles. The molecule has 20 heavy (non-hydrogen) atoms. The Balaban J connectivity index is 2.73. The Kier molecular flexibility index (Phi) is 6.14. The lowest BCUT2D eigenvalue weighted by atomic mass is 10.0. The molecule has 1 rings (SSSR count). The van der Waals surface area contributed by atoms with E-state index in [1.54, 1.807) is 7.11 Å². The number of halogens is 1. The van der Waals surface area contributed by atoms with E-state index >= 15 is 0 Å². The third-order valence-electron chi connectivity index (χ3n) is 3.07. The number of ether oxygens (including phenoxy) is 1. The first kappa shape index (κ1) is 16.6. The van der Waals surface area contributed by atoms with Crippen LogP contribution < -0.4 is 15.4 Å². The van der Waals surface area contributed by atoms with Gasteiger partial charge in [0.15, 0.2) is 0 Å². The zero-order valence-corrected chi connectivity index (χ0v) is 13.5. The highest BCUT2D eigenvalue weighted by atomic mass is 35.5. The van der Waals surface area contributed by atoms with E-state index in [0.717, 1.165) is 27.5 Å². The fourth-order valence-electron chi connectivity index (χ4n) is 2.07. The van der Waals surface area contributed by atoms with Gasteiger partial charge in [0.1, 0.15) is 5.75 Å². The maximum Gasteiger partial charge on any atom is 0.314 e. The SMILES string of the molecule is COc1cc(C)c(Cl)c(C)c1CCNC(=O)NC(C)C. The molecule has 112 valence electrons. The zero-order chi connectivity index (χ0) is 15.3. The minimum atomic E-state index is -0.158. The summed E-state index contributed by atoms with van der Waals surface area (Å²) in [5.41, 5.74) is 3.04. The van der Waals surface area contributed by atoms with Gasteiger partial charge >= 0.3 is 6.03 Å². The van der Waals surface area contributed by atoms with Crippen LogP contribution in [-0.2, 0) is 6.42 Å². The van der Waals surface area contributed by atoms with Crippen LogP contribution in [-0.4, -0.2) is 25.7 Å². The van der Waals surface area contributed by atoms with Gasteiger partial charge in [0.25, 0.3) is 0 Å². The third-order valence-corrected chi connectivity index (χ3v) is 3.65. The van der Waals surface area contributed by atoms with E-state index in [1.807, 2.05) is 33.8 Å². The molecule has 0 saturated heterocycles. The van der Waals surface area contributed by atoms with Gasteiger partial charge in [-0.2, -0.15) is 0 Å². The van der Waals surface area contributed by atoms with Crippen LogP contribution in [0.15, 0.2) is 6.07 Å². The van der Waals surface area contributed by atoms with Crippen LogP contribution in [0.25, 0.3) is 0 Å².